The van der Waals surface area contributed by atoms with Gasteiger partial charge in [0.25, 0.3) is 0 Å². The van der Waals surface area contributed by atoms with E-state index in [0.29, 0.717) is 22.6 Å². The Kier molecular flexibility index (Phi) is 2.94. The van der Waals surface area contributed by atoms with Crippen molar-refractivity contribution >= 4 is 17.2 Å². The molecule has 1 heterocycles. The van der Waals surface area contributed by atoms with Crippen LogP contribution in [0.2, 0.25) is 0 Å². The minimum atomic E-state index is 0.474. The van der Waals surface area contributed by atoms with E-state index in [1.54, 1.807) is 36.5 Å². The molecule has 0 atom stereocenters. The van der Waals surface area contributed by atoms with Crippen LogP contribution in [0.1, 0.15) is 15.9 Å². The van der Waals surface area contributed by atoms with E-state index in [4.69, 9.17) is 10.00 Å². The Hall–Kier alpha value is -3.06. The summed E-state index contributed by atoms with van der Waals surface area (Å²) in [5, 5.41) is 9.69. The molecule has 3 rings (SSSR count). The van der Waals surface area contributed by atoms with Crippen LogP contribution in [-0.4, -0.2) is 11.3 Å². The third-order valence-corrected chi connectivity index (χ3v) is 3.04. The van der Waals surface area contributed by atoms with Gasteiger partial charge in [0.1, 0.15) is 11.5 Å². The van der Waals surface area contributed by atoms with Gasteiger partial charge >= 0.3 is 0 Å². The first kappa shape index (κ1) is 12.0. The zero-order chi connectivity index (χ0) is 13.9. The van der Waals surface area contributed by atoms with Gasteiger partial charge in [-0.3, -0.25) is 4.79 Å². The van der Waals surface area contributed by atoms with Gasteiger partial charge < -0.3 is 9.72 Å². The summed E-state index contributed by atoms with van der Waals surface area (Å²) in [4.78, 5) is 14.4. The highest BCUT2D eigenvalue weighted by Crippen LogP contribution is 2.30. The van der Waals surface area contributed by atoms with E-state index in [1.807, 2.05) is 12.1 Å². The number of aromatic amines is 1. The molecule has 0 unspecified atom stereocenters. The number of aldehydes is 1. The fourth-order valence-corrected chi connectivity index (χ4v) is 2.10. The first-order valence-electron chi connectivity index (χ1n) is 6.05. The first-order chi connectivity index (χ1) is 9.81. The van der Waals surface area contributed by atoms with Gasteiger partial charge in [0, 0.05) is 17.1 Å². The topological polar surface area (TPSA) is 65.9 Å². The second kappa shape index (κ2) is 4.90. The van der Waals surface area contributed by atoms with Gasteiger partial charge in [-0.2, -0.15) is 5.26 Å². The van der Waals surface area contributed by atoms with Gasteiger partial charge in [0.05, 0.1) is 17.2 Å². The zero-order valence-corrected chi connectivity index (χ0v) is 10.5. The Labute approximate surface area is 115 Å². The summed E-state index contributed by atoms with van der Waals surface area (Å²) in [6.45, 7) is 0. The molecule has 96 valence electrons. The maximum absolute atomic E-state index is 11.3. The van der Waals surface area contributed by atoms with Crippen molar-refractivity contribution in [1.29, 1.82) is 5.26 Å². The molecule has 0 aliphatic carbocycles. The molecule has 1 aromatic heterocycles. The predicted octanol–water partition coefficient (Wildman–Crippen LogP) is 3.64. The molecule has 3 aromatic rings. The quantitative estimate of drug-likeness (QED) is 0.733. The Morgan fingerprint density at radius 2 is 2.10 bits per heavy atom. The van der Waals surface area contributed by atoms with E-state index < -0.39 is 0 Å². The van der Waals surface area contributed by atoms with Crippen LogP contribution in [-0.2, 0) is 0 Å². The smallest absolute Gasteiger partial charge is 0.154 e. The van der Waals surface area contributed by atoms with Crippen molar-refractivity contribution in [3.05, 3.63) is 59.8 Å². The fourth-order valence-electron chi connectivity index (χ4n) is 2.10. The average Bonchev–Trinajstić information content (AvgIpc) is 2.96. The van der Waals surface area contributed by atoms with Crippen molar-refractivity contribution in [2.45, 2.75) is 0 Å². The Balaban J connectivity index is 2.06. The number of rotatable bonds is 3. The number of hydrogen-bond donors (Lipinski definition) is 1. The van der Waals surface area contributed by atoms with Crippen LogP contribution in [0.4, 0.5) is 0 Å². The number of benzene rings is 2. The number of H-pyrrole nitrogens is 1. The van der Waals surface area contributed by atoms with Crippen LogP contribution < -0.4 is 4.74 Å². The standard InChI is InChI=1S/C16H10N2O2/c17-9-11-2-1-3-12(8-11)20-16-5-4-15-13(6-7-18-15)14(16)10-19/h1-8,10,18H. The molecular weight excluding hydrogens is 252 g/mol. The second-order valence-corrected chi connectivity index (χ2v) is 4.28. The third-order valence-electron chi connectivity index (χ3n) is 3.04. The fraction of sp³-hybridized carbons (Fsp3) is 0. The molecule has 0 spiro atoms. The van der Waals surface area contributed by atoms with Crippen LogP contribution in [0, 0.1) is 11.3 Å². The lowest BCUT2D eigenvalue weighted by atomic mass is 10.1. The molecule has 1 N–H and O–H groups in total. The highest BCUT2D eigenvalue weighted by atomic mass is 16.5. The highest BCUT2D eigenvalue weighted by Gasteiger charge is 2.10. The SMILES string of the molecule is N#Cc1cccc(Oc2ccc3[nH]ccc3c2C=O)c1. The molecule has 0 aliphatic rings. The van der Waals surface area contributed by atoms with E-state index in [2.05, 4.69) is 11.1 Å². The zero-order valence-electron chi connectivity index (χ0n) is 10.5. The molecule has 0 saturated carbocycles. The number of carbonyl (C=O) groups excluding carboxylic acids is 1. The van der Waals surface area contributed by atoms with Crippen LogP contribution in [0.25, 0.3) is 10.9 Å². The van der Waals surface area contributed by atoms with Crippen LogP contribution in [0.3, 0.4) is 0 Å². The number of aromatic nitrogens is 1. The van der Waals surface area contributed by atoms with Crippen LogP contribution in [0.15, 0.2) is 48.7 Å². The number of hydrogen-bond acceptors (Lipinski definition) is 3. The summed E-state index contributed by atoms with van der Waals surface area (Å²) in [6.07, 6.45) is 2.55. The number of nitriles is 1. The van der Waals surface area contributed by atoms with Gasteiger partial charge in [-0.05, 0) is 36.4 Å². The van der Waals surface area contributed by atoms with Crippen molar-refractivity contribution in [3.63, 3.8) is 0 Å². The van der Waals surface area contributed by atoms with E-state index in [1.165, 1.54) is 0 Å². The Morgan fingerprint density at radius 1 is 1.20 bits per heavy atom. The summed E-state index contributed by atoms with van der Waals surface area (Å²) in [6, 6.07) is 14.3. The Bertz CT molecular complexity index is 828. The van der Waals surface area contributed by atoms with Crippen LogP contribution in [0.5, 0.6) is 11.5 Å². The molecule has 0 fully saturated rings. The number of nitrogens with zero attached hydrogens (tertiary/aromatic N) is 1. The van der Waals surface area contributed by atoms with Gasteiger partial charge in [-0.1, -0.05) is 6.07 Å². The summed E-state index contributed by atoms with van der Waals surface area (Å²) >= 11 is 0. The molecule has 2 aromatic carbocycles. The summed E-state index contributed by atoms with van der Waals surface area (Å²) in [7, 11) is 0. The second-order valence-electron chi connectivity index (χ2n) is 4.28. The number of nitrogens with one attached hydrogen (secondary N) is 1. The molecule has 0 amide bonds. The summed E-state index contributed by atoms with van der Waals surface area (Å²) in [5.41, 5.74) is 1.88. The van der Waals surface area contributed by atoms with E-state index in [-0.39, 0.29) is 0 Å². The number of ether oxygens (including phenoxy) is 1. The highest BCUT2D eigenvalue weighted by molar-refractivity contribution is 5.99. The van der Waals surface area contributed by atoms with Crippen molar-refractivity contribution in [2.24, 2.45) is 0 Å². The summed E-state index contributed by atoms with van der Waals surface area (Å²) in [5.74, 6) is 1.00. The van der Waals surface area contributed by atoms with Crippen molar-refractivity contribution in [2.75, 3.05) is 0 Å². The van der Waals surface area contributed by atoms with Gasteiger partial charge in [0.15, 0.2) is 6.29 Å². The van der Waals surface area contributed by atoms with Crippen LogP contribution >= 0.6 is 0 Å². The molecule has 4 heteroatoms. The lowest BCUT2D eigenvalue weighted by Gasteiger charge is -2.09. The minimum absolute atomic E-state index is 0.474. The molecule has 0 bridgehead atoms. The lowest BCUT2D eigenvalue weighted by molar-refractivity contribution is 0.112. The molecule has 0 saturated heterocycles. The van der Waals surface area contributed by atoms with Gasteiger partial charge in [-0.15, -0.1) is 0 Å². The third kappa shape index (κ3) is 2.02. The van der Waals surface area contributed by atoms with E-state index in [9.17, 15) is 4.79 Å². The van der Waals surface area contributed by atoms with E-state index >= 15 is 0 Å². The van der Waals surface area contributed by atoms with Crippen molar-refractivity contribution < 1.29 is 9.53 Å². The first-order valence-corrected chi connectivity index (χ1v) is 6.05. The summed E-state index contributed by atoms with van der Waals surface area (Å²) < 4.78 is 5.72. The largest absolute Gasteiger partial charge is 0.457 e. The van der Waals surface area contributed by atoms with Gasteiger partial charge in [-0.25, -0.2) is 0 Å². The predicted molar refractivity (Wildman–Crippen MR) is 74.9 cm³/mol. The van der Waals surface area contributed by atoms with Crippen molar-refractivity contribution in [3.8, 4) is 17.6 Å². The molecule has 0 aliphatic heterocycles. The minimum Gasteiger partial charge on any atom is -0.457 e. The number of fused-ring (bicyclic) bond motifs is 1. The van der Waals surface area contributed by atoms with E-state index in [0.717, 1.165) is 17.2 Å². The molecular formula is C16H10N2O2. The lowest BCUT2D eigenvalue weighted by Crippen LogP contribution is -1.91. The number of carbonyl (C=O) groups is 1. The monoisotopic (exact) mass is 262 g/mol. The maximum Gasteiger partial charge on any atom is 0.154 e. The Morgan fingerprint density at radius 3 is 2.90 bits per heavy atom. The normalized spacial score (nSPS) is 10.2. The average molecular weight is 262 g/mol. The van der Waals surface area contributed by atoms with Crippen molar-refractivity contribution in [1.82, 2.24) is 4.98 Å². The molecule has 0 radical (unpaired) electrons. The van der Waals surface area contributed by atoms with Gasteiger partial charge in [0.2, 0.25) is 0 Å². The molecule has 4 nitrogen and oxygen atoms in total. The molecule has 20 heavy (non-hydrogen) atoms. The maximum atomic E-state index is 11.3.